The van der Waals surface area contributed by atoms with Gasteiger partial charge in [-0.2, -0.15) is 0 Å². The van der Waals surface area contributed by atoms with Gasteiger partial charge in [-0.05, 0) is 37.5 Å². The first-order valence-electron chi connectivity index (χ1n) is 6.82. The van der Waals surface area contributed by atoms with Crippen LogP contribution in [-0.2, 0) is 6.42 Å². The maximum absolute atomic E-state index is 11.9. The van der Waals surface area contributed by atoms with E-state index >= 15 is 0 Å². The lowest BCUT2D eigenvalue weighted by atomic mass is 9.98. The lowest BCUT2D eigenvalue weighted by molar-refractivity contribution is 0.167. The molecule has 4 heteroatoms. The maximum atomic E-state index is 11.9. The number of hydrogen-bond acceptors (Lipinski definition) is 2. The molecule has 1 aromatic rings. The number of rotatable bonds is 6. The summed E-state index contributed by atoms with van der Waals surface area (Å²) < 4.78 is 0. The Kier molecular flexibility index (Phi) is 5.83. The van der Waals surface area contributed by atoms with Crippen LogP contribution in [0.4, 0.5) is 10.5 Å². The Hall–Kier alpha value is -1.55. The fourth-order valence-electron chi connectivity index (χ4n) is 1.99. The Labute approximate surface area is 115 Å². The summed E-state index contributed by atoms with van der Waals surface area (Å²) in [6.45, 7) is 5.89. The van der Waals surface area contributed by atoms with Gasteiger partial charge in [0.15, 0.2) is 0 Å². The number of amides is 2. The molecule has 0 saturated carbocycles. The van der Waals surface area contributed by atoms with Crippen LogP contribution in [0.3, 0.4) is 0 Å². The van der Waals surface area contributed by atoms with Crippen LogP contribution in [0.15, 0.2) is 24.3 Å². The third-order valence-electron chi connectivity index (χ3n) is 3.19. The van der Waals surface area contributed by atoms with Gasteiger partial charge >= 0.3 is 6.03 Å². The van der Waals surface area contributed by atoms with Crippen molar-refractivity contribution in [1.82, 2.24) is 5.32 Å². The average molecular weight is 264 g/mol. The van der Waals surface area contributed by atoms with Crippen molar-refractivity contribution in [3.63, 3.8) is 0 Å². The first-order chi connectivity index (χ1) is 9.03. The highest BCUT2D eigenvalue weighted by molar-refractivity contribution is 5.89. The van der Waals surface area contributed by atoms with Gasteiger partial charge in [0.2, 0.25) is 0 Å². The standard InChI is InChI=1S/C15H24N2O2/c1-4-10-15(3,11-18)17-14(19)16-13-8-6-12(5-2)7-9-13/h6-9,18H,4-5,10-11H2,1-3H3,(H2,16,17,19). The van der Waals surface area contributed by atoms with Gasteiger partial charge in [-0.25, -0.2) is 4.79 Å². The largest absolute Gasteiger partial charge is 0.394 e. The van der Waals surface area contributed by atoms with Crippen molar-refractivity contribution in [3.05, 3.63) is 29.8 Å². The first kappa shape index (κ1) is 15.5. The van der Waals surface area contributed by atoms with Crippen LogP contribution in [0.1, 0.15) is 39.2 Å². The molecule has 0 saturated heterocycles. The third kappa shape index (κ3) is 4.91. The molecule has 0 spiro atoms. The second kappa shape index (κ2) is 7.14. The Balaban J connectivity index is 2.58. The molecule has 4 nitrogen and oxygen atoms in total. The molecule has 1 aromatic carbocycles. The molecule has 0 aromatic heterocycles. The summed E-state index contributed by atoms with van der Waals surface area (Å²) >= 11 is 0. The summed E-state index contributed by atoms with van der Waals surface area (Å²) in [6.07, 6.45) is 2.62. The van der Waals surface area contributed by atoms with Crippen LogP contribution >= 0.6 is 0 Å². The van der Waals surface area contributed by atoms with Gasteiger partial charge in [-0.3, -0.25) is 0 Å². The average Bonchev–Trinajstić information content (AvgIpc) is 2.39. The minimum absolute atomic E-state index is 0.0664. The Bertz CT molecular complexity index is 403. The van der Waals surface area contributed by atoms with E-state index in [0.717, 1.165) is 24.9 Å². The number of hydrogen-bond donors (Lipinski definition) is 3. The molecule has 0 fully saturated rings. The van der Waals surface area contributed by atoms with Gasteiger partial charge in [-0.1, -0.05) is 32.4 Å². The predicted molar refractivity (Wildman–Crippen MR) is 78.4 cm³/mol. The van der Waals surface area contributed by atoms with Gasteiger partial charge in [0, 0.05) is 5.69 Å². The number of benzene rings is 1. The number of aliphatic hydroxyl groups excluding tert-OH is 1. The van der Waals surface area contributed by atoms with Crippen molar-refractivity contribution in [2.75, 3.05) is 11.9 Å². The summed E-state index contributed by atoms with van der Waals surface area (Å²) in [7, 11) is 0. The third-order valence-corrected chi connectivity index (χ3v) is 3.19. The number of anilines is 1. The molecule has 106 valence electrons. The summed E-state index contributed by atoms with van der Waals surface area (Å²) in [4.78, 5) is 11.9. The van der Waals surface area contributed by atoms with Gasteiger partial charge < -0.3 is 15.7 Å². The van der Waals surface area contributed by atoms with Gasteiger partial charge in [0.05, 0.1) is 12.1 Å². The summed E-state index contributed by atoms with van der Waals surface area (Å²) in [5.74, 6) is 0. The number of nitrogens with one attached hydrogen (secondary N) is 2. The van der Waals surface area contributed by atoms with E-state index in [-0.39, 0.29) is 12.6 Å². The molecule has 2 amide bonds. The van der Waals surface area contributed by atoms with Crippen molar-refractivity contribution < 1.29 is 9.90 Å². The predicted octanol–water partition coefficient (Wildman–Crippen LogP) is 2.92. The molecule has 1 atom stereocenters. The van der Waals surface area contributed by atoms with E-state index in [1.807, 2.05) is 38.1 Å². The summed E-state index contributed by atoms with van der Waals surface area (Å²) in [5, 5.41) is 15.0. The van der Waals surface area contributed by atoms with Crippen LogP contribution in [0.25, 0.3) is 0 Å². The smallest absolute Gasteiger partial charge is 0.319 e. The van der Waals surface area contributed by atoms with E-state index in [1.165, 1.54) is 5.56 Å². The molecule has 19 heavy (non-hydrogen) atoms. The molecular weight excluding hydrogens is 240 g/mol. The molecule has 0 aliphatic carbocycles. The number of carbonyl (C=O) groups excluding carboxylic acids is 1. The molecule has 3 N–H and O–H groups in total. The quantitative estimate of drug-likeness (QED) is 0.740. The van der Waals surface area contributed by atoms with E-state index < -0.39 is 5.54 Å². The Morgan fingerprint density at radius 1 is 1.26 bits per heavy atom. The SMILES string of the molecule is CCCC(C)(CO)NC(=O)Nc1ccc(CC)cc1. The van der Waals surface area contributed by atoms with E-state index in [2.05, 4.69) is 17.6 Å². The van der Waals surface area contributed by atoms with Crippen LogP contribution in [0.5, 0.6) is 0 Å². The minimum Gasteiger partial charge on any atom is -0.394 e. The van der Waals surface area contributed by atoms with Gasteiger partial charge in [0.25, 0.3) is 0 Å². The van der Waals surface area contributed by atoms with Crippen molar-refractivity contribution in [3.8, 4) is 0 Å². The monoisotopic (exact) mass is 264 g/mol. The van der Waals surface area contributed by atoms with E-state index in [9.17, 15) is 9.90 Å². The molecule has 1 unspecified atom stereocenters. The highest BCUT2D eigenvalue weighted by Gasteiger charge is 2.24. The van der Waals surface area contributed by atoms with E-state index in [0.29, 0.717) is 0 Å². The van der Waals surface area contributed by atoms with Crippen molar-refractivity contribution in [2.24, 2.45) is 0 Å². The first-order valence-corrected chi connectivity index (χ1v) is 6.82. The van der Waals surface area contributed by atoms with Gasteiger partial charge in [0.1, 0.15) is 0 Å². The van der Waals surface area contributed by atoms with Crippen LogP contribution < -0.4 is 10.6 Å². The number of urea groups is 1. The highest BCUT2D eigenvalue weighted by Crippen LogP contribution is 2.13. The molecule has 0 heterocycles. The second-order valence-electron chi connectivity index (χ2n) is 5.10. The number of aryl methyl sites for hydroxylation is 1. The van der Waals surface area contributed by atoms with Crippen molar-refractivity contribution >= 4 is 11.7 Å². The summed E-state index contributed by atoms with van der Waals surface area (Å²) in [6, 6.07) is 7.47. The number of aliphatic hydroxyl groups is 1. The lowest BCUT2D eigenvalue weighted by Crippen LogP contribution is -2.50. The Morgan fingerprint density at radius 3 is 2.37 bits per heavy atom. The molecule has 0 aliphatic rings. The zero-order valence-electron chi connectivity index (χ0n) is 12.0. The molecule has 0 radical (unpaired) electrons. The molecule has 1 rings (SSSR count). The minimum atomic E-state index is -0.567. The Morgan fingerprint density at radius 2 is 1.89 bits per heavy atom. The molecule has 0 aliphatic heterocycles. The fourth-order valence-corrected chi connectivity index (χ4v) is 1.99. The van der Waals surface area contributed by atoms with Crippen LogP contribution in [0, 0.1) is 0 Å². The van der Waals surface area contributed by atoms with E-state index in [1.54, 1.807) is 0 Å². The van der Waals surface area contributed by atoms with Crippen LogP contribution in [-0.4, -0.2) is 23.3 Å². The highest BCUT2D eigenvalue weighted by atomic mass is 16.3. The second-order valence-corrected chi connectivity index (χ2v) is 5.10. The topological polar surface area (TPSA) is 61.4 Å². The zero-order chi connectivity index (χ0) is 14.3. The zero-order valence-corrected chi connectivity index (χ0v) is 12.0. The van der Waals surface area contributed by atoms with Gasteiger partial charge in [-0.15, -0.1) is 0 Å². The normalized spacial score (nSPS) is 13.7. The fraction of sp³-hybridized carbons (Fsp3) is 0.533. The van der Waals surface area contributed by atoms with E-state index in [4.69, 9.17) is 0 Å². The molecule has 0 bridgehead atoms. The summed E-state index contributed by atoms with van der Waals surface area (Å²) in [5.41, 5.74) is 1.42. The molecular formula is C15H24N2O2. The lowest BCUT2D eigenvalue weighted by Gasteiger charge is -2.28. The van der Waals surface area contributed by atoms with Crippen molar-refractivity contribution in [2.45, 2.75) is 45.6 Å². The number of carbonyl (C=O) groups is 1. The van der Waals surface area contributed by atoms with Crippen molar-refractivity contribution in [1.29, 1.82) is 0 Å². The van der Waals surface area contributed by atoms with Crippen LogP contribution in [0.2, 0.25) is 0 Å². The maximum Gasteiger partial charge on any atom is 0.319 e.